The molecule has 132 valence electrons. The summed E-state index contributed by atoms with van der Waals surface area (Å²) in [4.78, 5) is 4.57. The van der Waals surface area contributed by atoms with E-state index in [-0.39, 0.29) is 18.2 Å². The number of pyridine rings is 1. The van der Waals surface area contributed by atoms with Gasteiger partial charge in [0.05, 0.1) is 5.52 Å². The topological polar surface area (TPSA) is 27.1 Å². The Bertz CT molecular complexity index is 885. The molecule has 0 saturated heterocycles. The lowest BCUT2D eigenvalue weighted by Gasteiger charge is -2.12. The van der Waals surface area contributed by atoms with Gasteiger partial charge in [-0.25, -0.2) is 4.39 Å². The van der Waals surface area contributed by atoms with Crippen LogP contribution in [0.2, 0.25) is 0 Å². The van der Waals surface area contributed by atoms with Crippen LogP contribution in [0.1, 0.15) is 29.7 Å². The Morgan fingerprint density at radius 2 is 1.88 bits per heavy atom. The van der Waals surface area contributed by atoms with Crippen molar-refractivity contribution < 1.29 is 9.13 Å². The van der Waals surface area contributed by atoms with Gasteiger partial charge in [-0.1, -0.05) is 12.1 Å². The number of rotatable bonds is 5. The Kier molecular flexibility index (Phi) is 5.00. The molecule has 0 atom stereocenters. The Labute approximate surface area is 153 Å². The van der Waals surface area contributed by atoms with Gasteiger partial charge in [-0.15, -0.1) is 12.4 Å². The second-order valence-electron chi connectivity index (χ2n) is 6.69. The van der Waals surface area contributed by atoms with Crippen molar-refractivity contribution in [2.75, 3.05) is 0 Å². The molecule has 1 fully saturated rings. The smallest absolute Gasteiger partial charge is 0.147 e. The molecule has 2 heterocycles. The Morgan fingerprint density at radius 3 is 2.56 bits per heavy atom. The highest BCUT2D eigenvalue weighted by Crippen LogP contribution is 2.36. The van der Waals surface area contributed by atoms with E-state index in [1.807, 2.05) is 6.07 Å². The summed E-state index contributed by atoms with van der Waals surface area (Å²) in [6, 6.07) is 8.37. The van der Waals surface area contributed by atoms with E-state index in [9.17, 15) is 4.39 Å². The number of ether oxygens (including phenoxy) is 1. The van der Waals surface area contributed by atoms with Gasteiger partial charge in [0.2, 0.25) is 0 Å². The molecule has 3 aromatic rings. The molecule has 0 aliphatic heterocycles. The Hall–Kier alpha value is -2.07. The molecule has 1 saturated carbocycles. The first-order valence-corrected chi connectivity index (χ1v) is 8.45. The van der Waals surface area contributed by atoms with Crippen LogP contribution < -0.4 is 4.74 Å². The van der Waals surface area contributed by atoms with Crippen molar-refractivity contribution in [1.82, 2.24) is 9.55 Å². The van der Waals surface area contributed by atoms with Crippen LogP contribution in [-0.2, 0) is 13.2 Å². The monoisotopic (exact) mass is 360 g/mol. The molecule has 25 heavy (non-hydrogen) atoms. The van der Waals surface area contributed by atoms with Crippen molar-refractivity contribution in [1.29, 1.82) is 0 Å². The third-order valence-corrected chi connectivity index (χ3v) is 4.91. The van der Waals surface area contributed by atoms with Crippen LogP contribution in [0.25, 0.3) is 11.0 Å². The molecule has 0 amide bonds. The first kappa shape index (κ1) is 17.7. The predicted octanol–water partition coefficient (Wildman–Crippen LogP) is 5.20. The maximum absolute atomic E-state index is 13.0. The van der Waals surface area contributed by atoms with Gasteiger partial charge in [-0.3, -0.25) is 4.98 Å². The van der Waals surface area contributed by atoms with Gasteiger partial charge in [0, 0.05) is 24.5 Å². The Morgan fingerprint density at radius 1 is 1.16 bits per heavy atom. The largest absolute Gasteiger partial charge is 0.487 e. The van der Waals surface area contributed by atoms with Crippen molar-refractivity contribution >= 4 is 23.4 Å². The van der Waals surface area contributed by atoms with Gasteiger partial charge in [-0.05, 0) is 55.9 Å². The fraction of sp³-hybridized carbons (Fsp3) is 0.350. The van der Waals surface area contributed by atoms with E-state index in [0.29, 0.717) is 6.61 Å². The molecular weight excluding hydrogens is 339 g/mol. The standard InChI is InChI=1S/C20H21FN2O.ClH/c1-13-14(2)23(11-15-3-4-15)20-18(9-10-22-19(13)20)24-12-16-5-7-17(21)8-6-16;/h5-10,15H,3-4,11-12H2,1-2H3;1H. The average Bonchev–Trinajstić information content (AvgIpc) is 3.38. The van der Waals surface area contributed by atoms with E-state index < -0.39 is 0 Å². The lowest BCUT2D eigenvalue weighted by atomic mass is 10.2. The van der Waals surface area contributed by atoms with Crippen LogP contribution in [0.3, 0.4) is 0 Å². The van der Waals surface area contributed by atoms with E-state index in [0.717, 1.165) is 34.8 Å². The quantitative estimate of drug-likeness (QED) is 0.625. The van der Waals surface area contributed by atoms with E-state index >= 15 is 0 Å². The van der Waals surface area contributed by atoms with Crippen molar-refractivity contribution in [2.45, 2.75) is 39.8 Å². The predicted molar refractivity (Wildman–Crippen MR) is 99.9 cm³/mol. The number of benzene rings is 1. The minimum atomic E-state index is -0.227. The molecule has 0 N–H and O–H groups in total. The molecule has 2 aromatic heterocycles. The van der Waals surface area contributed by atoms with Gasteiger partial charge in [0.1, 0.15) is 23.7 Å². The number of hydrogen-bond donors (Lipinski definition) is 0. The molecule has 1 aromatic carbocycles. The normalized spacial score (nSPS) is 13.7. The van der Waals surface area contributed by atoms with Crippen molar-refractivity contribution in [3.05, 3.63) is 59.2 Å². The SMILES string of the molecule is Cc1c(C)n(CC2CC2)c2c(OCc3ccc(F)cc3)ccnc12.Cl. The third-order valence-electron chi connectivity index (χ3n) is 4.91. The van der Waals surface area contributed by atoms with Gasteiger partial charge >= 0.3 is 0 Å². The number of aromatic nitrogens is 2. The van der Waals surface area contributed by atoms with Gasteiger partial charge in [0.15, 0.2) is 0 Å². The number of halogens is 2. The van der Waals surface area contributed by atoms with Gasteiger partial charge < -0.3 is 9.30 Å². The fourth-order valence-electron chi connectivity index (χ4n) is 3.16. The van der Waals surface area contributed by atoms with Gasteiger partial charge in [-0.2, -0.15) is 0 Å². The number of fused-ring (bicyclic) bond motifs is 1. The summed E-state index contributed by atoms with van der Waals surface area (Å²) in [6.07, 6.45) is 4.42. The molecule has 0 spiro atoms. The summed E-state index contributed by atoms with van der Waals surface area (Å²) in [5, 5.41) is 0. The molecule has 1 aliphatic rings. The number of nitrogens with zero attached hydrogens (tertiary/aromatic N) is 2. The van der Waals surface area contributed by atoms with E-state index in [1.165, 1.54) is 36.2 Å². The second-order valence-corrected chi connectivity index (χ2v) is 6.69. The van der Waals surface area contributed by atoms with Crippen LogP contribution in [0.4, 0.5) is 4.39 Å². The summed E-state index contributed by atoms with van der Waals surface area (Å²) in [7, 11) is 0. The number of aryl methyl sites for hydroxylation is 1. The first-order chi connectivity index (χ1) is 11.6. The van der Waals surface area contributed by atoms with E-state index in [4.69, 9.17) is 4.74 Å². The minimum absolute atomic E-state index is 0. The maximum Gasteiger partial charge on any atom is 0.147 e. The highest BCUT2D eigenvalue weighted by molar-refractivity contribution is 5.86. The van der Waals surface area contributed by atoms with Crippen LogP contribution in [0.5, 0.6) is 5.75 Å². The van der Waals surface area contributed by atoms with Crippen molar-refractivity contribution in [3.63, 3.8) is 0 Å². The summed E-state index contributed by atoms with van der Waals surface area (Å²) < 4.78 is 21.5. The number of hydrogen-bond acceptors (Lipinski definition) is 2. The third kappa shape index (κ3) is 3.49. The summed E-state index contributed by atoms with van der Waals surface area (Å²) in [5.41, 5.74) is 5.54. The molecule has 0 bridgehead atoms. The van der Waals surface area contributed by atoms with Crippen LogP contribution in [-0.4, -0.2) is 9.55 Å². The minimum Gasteiger partial charge on any atom is -0.487 e. The van der Waals surface area contributed by atoms with Crippen molar-refractivity contribution in [3.8, 4) is 5.75 Å². The highest BCUT2D eigenvalue weighted by atomic mass is 35.5. The lowest BCUT2D eigenvalue weighted by Crippen LogP contribution is -2.04. The molecule has 0 radical (unpaired) electrons. The molecule has 4 rings (SSSR count). The maximum atomic E-state index is 13.0. The molecule has 1 aliphatic carbocycles. The van der Waals surface area contributed by atoms with Crippen molar-refractivity contribution in [2.24, 2.45) is 5.92 Å². The van der Waals surface area contributed by atoms with E-state index in [2.05, 4.69) is 23.4 Å². The fourth-order valence-corrected chi connectivity index (χ4v) is 3.16. The zero-order valence-corrected chi connectivity index (χ0v) is 15.3. The highest BCUT2D eigenvalue weighted by Gasteiger charge is 2.25. The molecule has 3 nitrogen and oxygen atoms in total. The summed E-state index contributed by atoms with van der Waals surface area (Å²) >= 11 is 0. The molecule has 5 heteroatoms. The van der Waals surface area contributed by atoms with Gasteiger partial charge in [0.25, 0.3) is 0 Å². The zero-order chi connectivity index (χ0) is 16.7. The van der Waals surface area contributed by atoms with Crippen LogP contribution >= 0.6 is 12.4 Å². The average molecular weight is 361 g/mol. The molecular formula is C20H22ClFN2O. The summed E-state index contributed by atoms with van der Waals surface area (Å²) in [6.45, 7) is 5.74. The van der Waals surface area contributed by atoms with E-state index in [1.54, 1.807) is 18.3 Å². The second kappa shape index (κ2) is 7.04. The Balaban J connectivity index is 0.00000182. The lowest BCUT2D eigenvalue weighted by molar-refractivity contribution is 0.308. The zero-order valence-electron chi connectivity index (χ0n) is 14.5. The first-order valence-electron chi connectivity index (χ1n) is 8.45. The molecule has 0 unspecified atom stereocenters. The van der Waals surface area contributed by atoms with Crippen LogP contribution in [0, 0.1) is 25.6 Å². The summed E-state index contributed by atoms with van der Waals surface area (Å²) in [5.74, 6) is 1.40. The van der Waals surface area contributed by atoms with Crippen LogP contribution in [0.15, 0.2) is 36.5 Å².